The zero-order chi connectivity index (χ0) is 17.3. The maximum absolute atomic E-state index is 12.4. The lowest BCUT2D eigenvalue weighted by Crippen LogP contribution is -2.43. The van der Waals surface area contributed by atoms with Crippen LogP contribution in [0, 0.1) is 0 Å². The lowest BCUT2D eigenvalue weighted by Gasteiger charge is -2.25. The van der Waals surface area contributed by atoms with Crippen LogP contribution in [0.4, 0.5) is 9.80 Å². The molecule has 2 amide bonds. The molecule has 0 saturated heterocycles. The molecule has 2 aromatic heterocycles. The second-order valence-corrected chi connectivity index (χ2v) is 7.22. The quantitative estimate of drug-likeness (QED) is 0.861. The van der Waals surface area contributed by atoms with Gasteiger partial charge in [0.2, 0.25) is 0 Å². The number of Topliss-reactive ketones (excluding diaryl/α,β-unsaturated/α-hetero) is 1. The van der Waals surface area contributed by atoms with Crippen molar-refractivity contribution in [1.29, 1.82) is 0 Å². The lowest BCUT2D eigenvalue weighted by molar-refractivity contribution is 0.101. The van der Waals surface area contributed by atoms with Crippen LogP contribution < -0.4 is 15.8 Å². The van der Waals surface area contributed by atoms with Crippen molar-refractivity contribution in [3.05, 3.63) is 28.1 Å². The molecule has 2 heterocycles. The van der Waals surface area contributed by atoms with Crippen molar-refractivity contribution in [3.8, 4) is 0 Å². The molecule has 1 saturated carbocycles. The summed E-state index contributed by atoms with van der Waals surface area (Å²) in [6, 6.07) is 3.25. The molecule has 0 aliphatic heterocycles. The van der Waals surface area contributed by atoms with Crippen molar-refractivity contribution >= 4 is 38.4 Å². The van der Waals surface area contributed by atoms with Crippen molar-refractivity contribution < 1.29 is 14.0 Å². The van der Waals surface area contributed by atoms with Gasteiger partial charge in [-0.2, -0.15) is 0 Å². The molecule has 0 bridgehead atoms. The second-order valence-electron chi connectivity index (χ2n) is 6.16. The molecule has 0 spiro atoms. The number of anilines is 1. The number of nitrogens with zero attached hydrogens (tertiary/aromatic N) is 1. The number of carbonyl (C=O) groups is 2. The molecular formula is C17H20N2O4S. The van der Waals surface area contributed by atoms with E-state index in [4.69, 9.17) is 4.42 Å². The minimum absolute atomic E-state index is 0.0326. The van der Waals surface area contributed by atoms with Gasteiger partial charge < -0.3 is 9.73 Å². The smallest absolute Gasteiger partial charge is 0.347 e. The zero-order valence-corrected chi connectivity index (χ0v) is 14.6. The van der Waals surface area contributed by atoms with Gasteiger partial charge in [0.25, 0.3) is 0 Å². The third-order valence-electron chi connectivity index (χ3n) is 4.36. The normalized spacial score (nSPS) is 15.4. The summed E-state index contributed by atoms with van der Waals surface area (Å²) in [5.41, 5.74) is -0.221. The van der Waals surface area contributed by atoms with Crippen LogP contribution in [0.5, 0.6) is 0 Å². The minimum Gasteiger partial charge on any atom is -0.421 e. The Bertz CT molecular complexity index is 833. The maximum Gasteiger partial charge on any atom is 0.347 e. The molecule has 1 aliphatic carbocycles. The van der Waals surface area contributed by atoms with Crippen LogP contribution in [-0.4, -0.2) is 24.9 Å². The zero-order valence-electron chi connectivity index (χ0n) is 13.8. The number of fused-ring (bicyclic) bond motifs is 1. The van der Waals surface area contributed by atoms with E-state index in [9.17, 15) is 14.4 Å². The summed E-state index contributed by atoms with van der Waals surface area (Å²) in [5.74, 6) is -0.330. The standard InChI is InChI=1S/C17H20N2O4S/c1-10(20)12-8-14-13(23-16(12)21)9-15(24-14)19(2)17(22)18-11-6-4-3-5-7-11/h8-9,11H,3-7H2,1-2H3,(H,18,22). The third kappa shape index (κ3) is 3.36. The van der Waals surface area contributed by atoms with E-state index in [1.807, 2.05) is 0 Å². The van der Waals surface area contributed by atoms with Gasteiger partial charge in [0, 0.05) is 19.2 Å². The van der Waals surface area contributed by atoms with Gasteiger partial charge >= 0.3 is 11.7 Å². The molecule has 128 valence electrons. The Balaban J connectivity index is 1.81. The van der Waals surface area contributed by atoms with Crippen LogP contribution >= 0.6 is 11.3 Å². The van der Waals surface area contributed by atoms with Gasteiger partial charge in [0.1, 0.15) is 10.6 Å². The third-order valence-corrected chi connectivity index (χ3v) is 5.50. The summed E-state index contributed by atoms with van der Waals surface area (Å²) in [6.07, 6.45) is 5.56. The van der Waals surface area contributed by atoms with E-state index in [1.54, 1.807) is 13.1 Å². The van der Waals surface area contributed by atoms with Gasteiger partial charge in [-0.05, 0) is 25.8 Å². The Morgan fingerprint density at radius 1 is 1.25 bits per heavy atom. The largest absolute Gasteiger partial charge is 0.421 e. The summed E-state index contributed by atoms with van der Waals surface area (Å²) >= 11 is 1.32. The number of hydrogen-bond acceptors (Lipinski definition) is 5. The molecule has 3 rings (SSSR count). The molecule has 24 heavy (non-hydrogen) atoms. The van der Waals surface area contributed by atoms with Crippen molar-refractivity contribution in [2.75, 3.05) is 11.9 Å². The molecule has 0 unspecified atom stereocenters. The van der Waals surface area contributed by atoms with Crippen LogP contribution in [0.1, 0.15) is 49.4 Å². The first-order valence-electron chi connectivity index (χ1n) is 8.08. The highest BCUT2D eigenvalue weighted by atomic mass is 32.1. The van der Waals surface area contributed by atoms with Gasteiger partial charge in [0.15, 0.2) is 11.4 Å². The Hall–Kier alpha value is -2.15. The molecule has 0 radical (unpaired) electrons. The summed E-state index contributed by atoms with van der Waals surface area (Å²) in [5, 5.41) is 3.72. The van der Waals surface area contributed by atoms with Crippen molar-refractivity contribution in [2.24, 2.45) is 0 Å². The van der Waals surface area contributed by atoms with Crippen LogP contribution in [0.3, 0.4) is 0 Å². The van der Waals surface area contributed by atoms with E-state index in [-0.39, 0.29) is 23.4 Å². The first-order valence-corrected chi connectivity index (χ1v) is 8.90. The molecule has 1 fully saturated rings. The molecule has 0 aromatic carbocycles. The van der Waals surface area contributed by atoms with Crippen molar-refractivity contribution in [2.45, 2.75) is 45.1 Å². The highest BCUT2D eigenvalue weighted by molar-refractivity contribution is 7.22. The van der Waals surface area contributed by atoms with Gasteiger partial charge in [0.05, 0.1) is 4.70 Å². The second kappa shape index (κ2) is 6.76. The summed E-state index contributed by atoms with van der Waals surface area (Å²) in [6.45, 7) is 1.33. The first kappa shape index (κ1) is 16.7. The monoisotopic (exact) mass is 348 g/mol. The maximum atomic E-state index is 12.4. The number of amides is 2. The predicted molar refractivity (Wildman–Crippen MR) is 94.2 cm³/mol. The average Bonchev–Trinajstić information content (AvgIpc) is 2.96. The van der Waals surface area contributed by atoms with E-state index in [0.717, 1.165) is 25.7 Å². The van der Waals surface area contributed by atoms with Crippen molar-refractivity contribution in [3.63, 3.8) is 0 Å². The predicted octanol–water partition coefficient (Wildman–Crippen LogP) is 3.54. The van der Waals surface area contributed by atoms with E-state index in [2.05, 4.69) is 5.32 Å². The number of rotatable bonds is 3. The first-order chi connectivity index (χ1) is 11.5. The lowest BCUT2D eigenvalue weighted by atomic mass is 9.96. The summed E-state index contributed by atoms with van der Waals surface area (Å²) in [4.78, 5) is 37.2. The van der Waals surface area contributed by atoms with Crippen LogP contribution in [0.2, 0.25) is 0 Å². The topological polar surface area (TPSA) is 79.6 Å². The number of carbonyl (C=O) groups excluding carboxylic acids is 2. The Labute approximate surface area is 143 Å². The SMILES string of the molecule is CC(=O)c1cc2sc(N(C)C(=O)NC3CCCCC3)cc2oc1=O. The van der Waals surface area contributed by atoms with Gasteiger partial charge in [-0.1, -0.05) is 19.3 Å². The van der Waals surface area contributed by atoms with Crippen molar-refractivity contribution in [1.82, 2.24) is 5.32 Å². The van der Waals surface area contributed by atoms with E-state index < -0.39 is 5.63 Å². The highest BCUT2D eigenvalue weighted by Crippen LogP contribution is 2.32. The van der Waals surface area contributed by atoms with Gasteiger partial charge in [-0.15, -0.1) is 11.3 Å². The van der Waals surface area contributed by atoms with E-state index in [0.29, 0.717) is 15.3 Å². The Morgan fingerprint density at radius 2 is 1.96 bits per heavy atom. The number of hydrogen-bond donors (Lipinski definition) is 1. The number of nitrogens with one attached hydrogen (secondary N) is 1. The fourth-order valence-corrected chi connectivity index (χ4v) is 3.92. The van der Waals surface area contributed by atoms with Crippen LogP contribution in [0.25, 0.3) is 10.3 Å². The number of ketones is 1. The van der Waals surface area contributed by atoms with Gasteiger partial charge in [-0.25, -0.2) is 9.59 Å². The molecule has 1 N–H and O–H groups in total. The molecule has 2 aromatic rings. The molecule has 7 heteroatoms. The Kier molecular flexibility index (Phi) is 4.71. The number of urea groups is 1. The van der Waals surface area contributed by atoms with Gasteiger partial charge in [-0.3, -0.25) is 9.69 Å². The van der Waals surface area contributed by atoms with E-state index >= 15 is 0 Å². The van der Waals surface area contributed by atoms with Crippen LogP contribution in [-0.2, 0) is 0 Å². The summed E-state index contributed by atoms with van der Waals surface area (Å²) < 4.78 is 5.86. The molecule has 6 nitrogen and oxygen atoms in total. The fraction of sp³-hybridized carbons (Fsp3) is 0.471. The van der Waals surface area contributed by atoms with Crippen LogP contribution in [0.15, 0.2) is 21.3 Å². The molecule has 1 aliphatic rings. The Morgan fingerprint density at radius 3 is 2.62 bits per heavy atom. The molecular weight excluding hydrogens is 328 g/mol. The minimum atomic E-state index is -0.645. The molecule has 0 atom stereocenters. The average molecular weight is 348 g/mol. The summed E-state index contributed by atoms with van der Waals surface area (Å²) in [7, 11) is 1.69. The van der Waals surface area contributed by atoms with E-state index in [1.165, 1.54) is 35.6 Å². The highest BCUT2D eigenvalue weighted by Gasteiger charge is 2.21. The fourth-order valence-electron chi connectivity index (χ4n) is 2.93. The number of thiophene rings is 1.